The number of nitrogens with zero attached hydrogens (tertiary/aromatic N) is 1. The third-order valence-corrected chi connectivity index (χ3v) is 3.13. The van der Waals surface area contributed by atoms with Gasteiger partial charge in [0.05, 0.1) is 0 Å². The number of hydrazine groups is 1. The van der Waals surface area contributed by atoms with Gasteiger partial charge >= 0.3 is 0 Å². The third kappa shape index (κ3) is 5.14. The van der Waals surface area contributed by atoms with Crippen molar-refractivity contribution in [3.8, 4) is 0 Å². The van der Waals surface area contributed by atoms with Crippen LogP contribution in [0.25, 0.3) is 0 Å². The van der Waals surface area contributed by atoms with E-state index in [0.717, 1.165) is 17.9 Å². The quantitative estimate of drug-likeness (QED) is 0.357. The number of benzene rings is 2. The number of carbonyl (C=O) groups is 1. The Balaban J connectivity index is 2.03. The van der Waals surface area contributed by atoms with E-state index in [0.29, 0.717) is 12.0 Å². The monoisotopic (exact) mass is 295 g/mol. The number of nitrogens with one attached hydrogen (secondary N) is 2. The molecule has 2 aromatic rings. The maximum atomic E-state index is 12.1. The predicted octanol–water partition coefficient (Wildman–Crippen LogP) is 2.62. The van der Waals surface area contributed by atoms with Crippen molar-refractivity contribution in [2.24, 2.45) is 4.99 Å². The molecular formula is C18H21N3O. The molecule has 0 aliphatic rings. The van der Waals surface area contributed by atoms with Crippen LogP contribution in [0.2, 0.25) is 0 Å². The lowest BCUT2D eigenvalue weighted by molar-refractivity contribution is 0.100. The number of carbonyl (C=O) groups excluding carboxylic acids is 1. The number of hydrogen-bond donors (Lipinski definition) is 2. The number of rotatable bonds is 7. The molecule has 0 atom stereocenters. The van der Waals surface area contributed by atoms with E-state index in [-0.39, 0.29) is 12.3 Å². The number of amidine groups is 1. The average Bonchev–Trinajstić information content (AvgIpc) is 2.58. The lowest BCUT2D eigenvalue weighted by atomic mass is 10.1. The van der Waals surface area contributed by atoms with E-state index < -0.39 is 0 Å². The highest BCUT2D eigenvalue weighted by Gasteiger charge is 2.06. The maximum Gasteiger partial charge on any atom is 0.184 e. The zero-order valence-electron chi connectivity index (χ0n) is 12.8. The molecule has 2 rings (SSSR count). The Kier molecular flexibility index (Phi) is 6.33. The van der Waals surface area contributed by atoms with Crippen LogP contribution in [0, 0.1) is 0 Å². The van der Waals surface area contributed by atoms with Gasteiger partial charge in [0.1, 0.15) is 12.4 Å². The summed E-state index contributed by atoms with van der Waals surface area (Å²) in [6, 6.07) is 19.3. The predicted molar refractivity (Wildman–Crippen MR) is 90.0 cm³/mol. The second-order valence-electron chi connectivity index (χ2n) is 4.87. The van der Waals surface area contributed by atoms with Gasteiger partial charge in [0.2, 0.25) is 0 Å². The van der Waals surface area contributed by atoms with Crippen molar-refractivity contribution >= 4 is 11.6 Å². The number of Topliss-reactive ketones (excluding diaryl/α,β-unsaturated/α-hetero) is 1. The molecule has 0 radical (unpaired) electrons. The maximum absolute atomic E-state index is 12.1. The summed E-state index contributed by atoms with van der Waals surface area (Å²) in [6.07, 6.45) is 0.663. The van der Waals surface area contributed by atoms with E-state index in [1.54, 1.807) is 0 Å². The number of ketones is 1. The Morgan fingerprint density at radius 1 is 1.00 bits per heavy atom. The summed E-state index contributed by atoms with van der Waals surface area (Å²) in [5.41, 5.74) is 7.95. The zero-order chi connectivity index (χ0) is 15.6. The van der Waals surface area contributed by atoms with Crippen molar-refractivity contribution in [2.75, 3.05) is 13.1 Å². The Morgan fingerprint density at radius 3 is 2.27 bits per heavy atom. The van der Waals surface area contributed by atoms with Crippen LogP contribution in [0.5, 0.6) is 0 Å². The number of aliphatic imine (C=N–C) groups is 1. The first-order valence-corrected chi connectivity index (χ1v) is 7.44. The minimum absolute atomic E-state index is 0.0180. The van der Waals surface area contributed by atoms with Gasteiger partial charge < -0.3 is 5.43 Å². The van der Waals surface area contributed by atoms with Crippen LogP contribution in [0.4, 0.5) is 0 Å². The van der Waals surface area contributed by atoms with Gasteiger partial charge in [-0.1, -0.05) is 67.6 Å². The first kappa shape index (κ1) is 15.9. The first-order valence-electron chi connectivity index (χ1n) is 7.44. The Hall–Kier alpha value is -2.46. The summed E-state index contributed by atoms with van der Waals surface area (Å²) in [7, 11) is 0. The molecule has 0 spiro atoms. The van der Waals surface area contributed by atoms with E-state index in [1.807, 2.05) is 67.6 Å². The summed E-state index contributed by atoms with van der Waals surface area (Å²) < 4.78 is 0. The summed E-state index contributed by atoms with van der Waals surface area (Å²) in [5, 5.41) is 0. The van der Waals surface area contributed by atoms with Crippen LogP contribution in [0.3, 0.4) is 0 Å². The highest BCUT2D eigenvalue weighted by Crippen LogP contribution is 2.02. The molecule has 2 aromatic carbocycles. The van der Waals surface area contributed by atoms with Gasteiger partial charge in [0.25, 0.3) is 0 Å². The molecule has 0 fully saturated rings. The SMILES string of the molecule is CCNNC(Cc1ccccc1)=NCC(=O)c1ccccc1. The van der Waals surface area contributed by atoms with Gasteiger partial charge in [-0.3, -0.25) is 9.79 Å². The van der Waals surface area contributed by atoms with Gasteiger partial charge in [-0.25, -0.2) is 5.43 Å². The van der Waals surface area contributed by atoms with Gasteiger partial charge in [-0.05, 0) is 5.56 Å². The third-order valence-electron chi connectivity index (χ3n) is 3.13. The minimum atomic E-state index is 0.0180. The van der Waals surface area contributed by atoms with E-state index in [9.17, 15) is 4.79 Å². The molecular weight excluding hydrogens is 274 g/mol. The smallest absolute Gasteiger partial charge is 0.184 e. The molecule has 4 heteroatoms. The fourth-order valence-corrected chi connectivity index (χ4v) is 2.00. The van der Waals surface area contributed by atoms with Crippen molar-refractivity contribution in [3.63, 3.8) is 0 Å². The van der Waals surface area contributed by atoms with Crippen molar-refractivity contribution < 1.29 is 4.79 Å². The van der Waals surface area contributed by atoms with Crippen LogP contribution >= 0.6 is 0 Å². The molecule has 0 saturated carbocycles. The van der Waals surface area contributed by atoms with Crippen LogP contribution in [-0.2, 0) is 6.42 Å². The average molecular weight is 295 g/mol. The van der Waals surface area contributed by atoms with E-state index in [2.05, 4.69) is 15.8 Å². The van der Waals surface area contributed by atoms with Crippen molar-refractivity contribution in [1.29, 1.82) is 0 Å². The molecule has 22 heavy (non-hydrogen) atoms. The lowest BCUT2D eigenvalue weighted by Gasteiger charge is -2.10. The molecule has 114 valence electrons. The normalized spacial score (nSPS) is 11.2. The Morgan fingerprint density at radius 2 is 1.64 bits per heavy atom. The largest absolute Gasteiger partial charge is 0.309 e. The molecule has 0 saturated heterocycles. The van der Waals surface area contributed by atoms with Gasteiger partial charge in [-0.15, -0.1) is 0 Å². The highest BCUT2D eigenvalue weighted by atomic mass is 16.1. The molecule has 4 nitrogen and oxygen atoms in total. The molecule has 0 aromatic heterocycles. The Labute approximate surface area is 131 Å². The topological polar surface area (TPSA) is 53.5 Å². The molecule has 0 unspecified atom stereocenters. The fourth-order valence-electron chi connectivity index (χ4n) is 2.00. The second-order valence-corrected chi connectivity index (χ2v) is 4.87. The van der Waals surface area contributed by atoms with E-state index >= 15 is 0 Å². The zero-order valence-corrected chi connectivity index (χ0v) is 12.8. The Bertz CT molecular complexity index is 609. The number of hydrogen-bond acceptors (Lipinski definition) is 3. The summed E-state index contributed by atoms with van der Waals surface area (Å²) >= 11 is 0. The molecule has 0 aliphatic carbocycles. The molecule has 0 bridgehead atoms. The lowest BCUT2D eigenvalue weighted by Crippen LogP contribution is -2.38. The summed E-state index contributed by atoms with van der Waals surface area (Å²) in [4.78, 5) is 16.5. The van der Waals surface area contributed by atoms with Crippen LogP contribution in [0.1, 0.15) is 22.8 Å². The van der Waals surface area contributed by atoms with Crippen LogP contribution in [0.15, 0.2) is 65.7 Å². The fraction of sp³-hybridized carbons (Fsp3) is 0.222. The van der Waals surface area contributed by atoms with Crippen molar-refractivity contribution in [1.82, 2.24) is 10.9 Å². The van der Waals surface area contributed by atoms with E-state index in [1.165, 1.54) is 0 Å². The molecule has 0 aliphatic heterocycles. The highest BCUT2D eigenvalue weighted by molar-refractivity contribution is 5.99. The second kappa shape index (κ2) is 8.74. The van der Waals surface area contributed by atoms with Gasteiger partial charge in [0.15, 0.2) is 5.78 Å². The van der Waals surface area contributed by atoms with Crippen LogP contribution < -0.4 is 10.9 Å². The molecule has 0 amide bonds. The first-order chi connectivity index (χ1) is 10.8. The van der Waals surface area contributed by atoms with Gasteiger partial charge in [0, 0.05) is 18.5 Å². The van der Waals surface area contributed by atoms with Crippen LogP contribution in [-0.4, -0.2) is 24.7 Å². The van der Waals surface area contributed by atoms with E-state index in [4.69, 9.17) is 0 Å². The van der Waals surface area contributed by atoms with Crippen molar-refractivity contribution in [2.45, 2.75) is 13.3 Å². The molecule has 0 heterocycles. The van der Waals surface area contributed by atoms with Crippen molar-refractivity contribution in [3.05, 3.63) is 71.8 Å². The van der Waals surface area contributed by atoms with Gasteiger partial charge in [-0.2, -0.15) is 0 Å². The standard InChI is InChI=1S/C18H21N3O/c1-2-20-21-18(13-15-9-5-3-6-10-15)19-14-17(22)16-11-7-4-8-12-16/h3-12,20H,2,13-14H2,1H3,(H,19,21). The summed E-state index contributed by atoms with van der Waals surface area (Å²) in [6.45, 7) is 2.92. The minimum Gasteiger partial charge on any atom is -0.309 e. The summed E-state index contributed by atoms with van der Waals surface area (Å²) in [5.74, 6) is 0.779. The molecule has 2 N–H and O–H groups in total.